The average molecular weight is 217 g/mol. The van der Waals surface area contributed by atoms with Crippen molar-refractivity contribution >= 4 is 34.4 Å². The van der Waals surface area contributed by atoms with Crippen molar-refractivity contribution in [3.63, 3.8) is 0 Å². The molecule has 0 amide bonds. The van der Waals surface area contributed by atoms with Crippen molar-refractivity contribution < 1.29 is 0 Å². The van der Waals surface area contributed by atoms with E-state index in [1.807, 2.05) is 18.2 Å². The fraction of sp³-hybridized carbons (Fsp3) is 0.0833. The molecule has 0 atom stereocenters. The van der Waals surface area contributed by atoms with Crippen LogP contribution in [0, 0.1) is 0 Å². The predicted molar refractivity (Wildman–Crippen MR) is 64.0 cm³/mol. The topological polar surface area (TPSA) is 16.1 Å². The second kappa shape index (κ2) is 3.24. The summed E-state index contributed by atoms with van der Waals surface area (Å²) in [4.78, 5) is 4.38. The summed E-state index contributed by atoms with van der Waals surface area (Å²) in [5, 5.41) is 1.12. The standard InChI is InChI=1S/C12H9ClN2/c13-15-8-2-4-10-6-5-9-3-1-7-14-11(9)12(10)15/h1-7H,8H2. The van der Waals surface area contributed by atoms with Crippen LogP contribution >= 0.6 is 11.8 Å². The minimum absolute atomic E-state index is 0.726. The Hall–Kier alpha value is -1.54. The highest BCUT2D eigenvalue weighted by atomic mass is 35.5. The van der Waals surface area contributed by atoms with Gasteiger partial charge in [-0.3, -0.25) is 9.40 Å². The van der Waals surface area contributed by atoms with Gasteiger partial charge >= 0.3 is 0 Å². The van der Waals surface area contributed by atoms with E-state index in [0.717, 1.165) is 28.7 Å². The van der Waals surface area contributed by atoms with E-state index in [1.165, 1.54) is 0 Å². The minimum atomic E-state index is 0.726. The van der Waals surface area contributed by atoms with E-state index in [-0.39, 0.29) is 0 Å². The Morgan fingerprint density at radius 3 is 3.13 bits per heavy atom. The number of rotatable bonds is 0. The molecular formula is C12H9ClN2. The number of aromatic nitrogens is 1. The van der Waals surface area contributed by atoms with Gasteiger partial charge in [0.05, 0.1) is 17.7 Å². The summed E-state index contributed by atoms with van der Waals surface area (Å²) in [6.45, 7) is 0.726. The first-order valence-corrected chi connectivity index (χ1v) is 5.18. The maximum Gasteiger partial charge on any atom is 0.0954 e. The molecule has 1 aromatic carbocycles. The Kier molecular flexibility index (Phi) is 1.89. The summed E-state index contributed by atoms with van der Waals surface area (Å²) in [6.07, 6.45) is 5.93. The van der Waals surface area contributed by atoms with E-state index in [1.54, 1.807) is 10.6 Å². The van der Waals surface area contributed by atoms with Gasteiger partial charge in [-0.05, 0) is 6.07 Å². The van der Waals surface area contributed by atoms with Crippen LogP contribution in [-0.2, 0) is 0 Å². The molecule has 0 unspecified atom stereocenters. The van der Waals surface area contributed by atoms with E-state index in [4.69, 9.17) is 11.8 Å². The van der Waals surface area contributed by atoms with Crippen molar-refractivity contribution in [2.45, 2.75) is 0 Å². The van der Waals surface area contributed by atoms with E-state index in [2.05, 4.69) is 23.2 Å². The molecule has 15 heavy (non-hydrogen) atoms. The van der Waals surface area contributed by atoms with Crippen molar-refractivity contribution in [1.82, 2.24) is 4.98 Å². The fourth-order valence-electron chi connectivity index (χ4n) is 1.90. The lowest BCUT2D eigenvalue weighted by Gasteiger charge is -2.21. The monoisotopic (exact) mass is 216 g/mol. The van der Waals surface area contributed by atoms with Gasteiger partial charge in [0.1, 0.15) is 0 Å². The third kappa shape index (κ3) is 1.29. The van der Waals surface area contributed by atoms with Crippen LogP contribution < -0.4 is 4.42 Å². The first-order valence-electron chi connectivity index (χ1n) is 4.84. The number of pyridine rings is 1. The number of anilines is 1. The normalized spacial score (nSPS) is 14.3. The minimum Gasteiger partial charge on any atom is -0.279 e. The molecule has 1 aliphatic heterocycles. The van der Waals surface area contributed by atoms with Crippen molar-refractivity contribution in [1.29, 1.82) is 0 Å². The number of hydrogen-bond acceptors (Lipinski definition) is 2. The summed E-state index contributed by atoms with van der Waals surface area (Å²) < 4.78 is 1.71. The molecule has 0 bridgehead atoms. The van der Waals surface area contributed by atoms with Gasteiger partial charge in [-0.2, -0.15) is 0 Å². The molecule has 1 aliphatic rings. The Morgan fingerprint density at radius 2 is 2.20 bits per heavy atom. The molecule has 0 spiro atoms. The van der Waals surface area contributed by atoms with Gasteiger partial charge in [-0.25, -0.2) is 0 Å². The Morgan fingerprint density at radius 1 is 1.27 bits per heavy atom. The molecule has 0 saturated heterocycles. The lowest BCUT2D eigenvalue weighted by molar-refractivity contribution is 1.18. The van der Waals surface area contributed by atoms with Gasteiger partial charge in [0.25, 0.3) is 0 Å². The highest BCUT2D eigenvalue weighted by Crippen LogP contribution is 2.33. The van der Waals surface area contributed by atoms with Crippen LogP contribution in [-0.4, -0.2) is 11.5 Å². The predicted octanol–water partition coefficient (Wildman–Crippen LogP) is 3.22. The second-order valence-corrected chi connectivity index (χ2v) is 3.93. The van der Waals surface area contributed by atoms with Crippen molar-refractivity contribution in [2.75, 3.05) is 11.0 Å². The van der Waals surface area contributed by atoms with Gasteiger partial charge in [0, 0.05) is 28.9 Å². The molecule has 0 aliphatic carbocycles. The van der Waals surface area contributed by atoms with Gasteiger partial charge in [-0.1, -0.05) is 30.4 Å². The summed E-state index contributed by atoms with van der Waals surface area (Å²) >= 11 is 6.17. The zero-order valence-corrected chi connectivity index (χ0v) is 8.78. The van der Waals surface area contributed by atoms with Crippen LogP contribution in [0.1, 0.15) is 5.56 Å². The average Bonchev–Trinajstić information content (AvgIpc) is 2.29. The molecule has 0 N–H and O–H groups in total. The van der Waals surface area contributed by atoms with Gasteiger partial charge in [-0.15, -0.1) is 0 Å². The Balaban J connectivity index is 2.41. The molecule has 2 heterocycles. The molecular weight excluding hydrogens is 208 g/mol. The molecule has 3 heteroatoms. The molecule has 3 rings (SSSR count). The van der Waals surface area contributed by atoms with E-state index >= 15 is 0 Å². The van der Waals surface area contributed by atoms with Crippen LogP contribution in [0.15, 0.2) is 36.5 Å². The van der Waals surface area contributed by atoms with Gasteiger partial charge in [0.2, 0.25) is 0 Å². The lowest BCUT2D eigenvalue weighted by Crippen LogP contribution is -2.14. The smallest absolute Gasteiger partial charge is 0.0954 e. The molecule has 0 fully saturated rings. The van der Waals surface area contributed by atoms with Crippen LogP contribution in [0.2, 0.25) is 0 Å². The first-order chi connectivity index (χ1) is 7.36. The Labute approximate surface area is 92.9 Å². The number of nitrogens with zero attached hydrogens (tertiary/aromatic N) is 2. The molecule has 2 nitrogen and oxygen atoms in total. The largest absolute Gasteiger partial charge is 0.279 e. The summed E-state index contributed by atoms with van der Waals surface area (Å²) in [7, 11) is 0. The highest BCUT2D eigenvalue weighted by molar-refractivity contribution is 6.28. The number of hydrogen-bond donors (Lipinski definition) is 0. The van der Waals surface area contributed by atoms with E-state index in [9.17, 15) is 0 Å². The Bertz CT molecular complexity index is 548. The van der Waals surface area contributed by atoms with Crippen LogP contribution in [0.3, 0.4) is 0 Å². The maximum absolute atomic E-state index is 6.17. The number of halogens is 1. The van der Waals surface area contributed by atoms with Crippen molar-refractivity contribution in [3.8, 4) is 0 Å². The molecule has 74 valence electrons. The van der Waals surface area contributed by atoms with Crippen LogP contribution in [0.4, 0.5) is 5.69 Å². The quantitative estimate of drug-likeness (QED) is 0.629. The molecule has 0 radical (unpaired) electrons. The van der Waals surface area contributed by atoms with Gasteiger partial charge < -0.3 is 0 Å². The zero-order valence-electron chi connectivity index (χ0n) is 8.02. The highest BCUT2D eigenvalue weighted by Gasteiger charge is 2.14. The van der Waals surface area contributed by atoms with Crippen LogP contribution in [0.25, 0.3) is 17.0 Å². The molecule has 0 saturated carbocycles. The number of benzene rings is 1. The molecule has 1 aromatic heterocycles. The first kappa shape index (κ1) is 8.74. The SMILES string of the molecule is ClN1CC=Cc2ccc3cccnc3c21. The van der Waals surface area contributed by atoms with E-state index < -0.39 is 0 Å². The summed E-state index contributed by atoms with van der Waals surface area (Å²) in [6, 6.07) is 8.13. The third-order valence-corrected chi connectivity index (χ3v) is 2.89. The van der Waals surface area contributed by atoms with Gasteiger partial charge in [0.15, 0.2) is 0 Å². The zero-order chi connectivity index (χ0) is 10.3. The van der Waals surface area contributed by atoms with Crippen LogP contribution in [0.5, 0.6) is 0 Å². The van der Waals surface area contributed by atoms with Crippen molar-refractivity contribution in [2.24, 2.45) is 0 Å². The lowest BCUT2D eigenvalue weighted by atomic mass is 10.1. The maximum atomic E-state index is 6.17. The fourth-order valence-corrected chi connectivity index (χ4v) is 2.16. The summed E-state index contributed by atoms with van der Waals surface area (Å²) in [5.74, 6) is 0. The van der Waals surface area contributed by atoms with E-state index in [0.29, 0.717) is 0 Å². The third-order valence-electron chi connectivity index (χ3n) is 2.58. The number of fused-ring (bicyclic) bond motifs is 3. The molecule has 2 aromatic rings. The van der Waals surface area contributed by atoms with Crippen molar-refractivity contribution in [3.05, 3.63) is 42.1 Å². The second-order valence-electron chi connectivity index (χ2n) is 3.53. The summed E-state index contributed by atoms with van der Waals surface area (Å²) in [5.41, 5.74) is 3.11.